The van der Waals surface area contributed by atoms with E-state index < -0.39 is 0 Å². The number of rotatable bonds is 1. The van der Waals surface area contributed by atoms with E-state index in [2.05, 4.69) is 36.7 Å². The Morgan fingerprint density at radius 1 is 1.50 bits per heavy atom. The summed E-state index contributed by atoms with van der Waals surface area (Å²) in [6.45, 7) is 10.1. The molecule has 0 saturated carbocycles. The van der Waals surface area contributed by atoms with Crippen LogP contribution in [0.5, 0.6) is 0 Å². The van der Waals surface area contributed by atoms with Gasteiger partial charge in [-0.1, -0.05) is 26.8 Å². The molecule has 0 saturated heterocycles. The third-order valence-electron chi connectivity index (χ3n) is 2.99. The van der Waals surface area contributed by atoms with Crippen molar-refractivity contribution in [2.24, 2.45) is 0 Å². The standard InChI is InChI=1S/C12H18N2/c1-4-14-8-10-6-5-7-13-11(10)12(2,3)9-14/h5-7H,4,8-9H2,1-3H3. The molecule has 0 spiro atoms. The first kappa shape index (κ1) is 9.66. The molecule has 0 bridgehead atoms. The summed E-state index contributed by atoms with van der Waals surface area (Å²) in [6, 6.07) is 4.24. The Morgan fingerprint density at radius 3 is 3.00 bits per heavy atom. The van der Waals surface area contributed by atoms with E-state index in [1.807, 2.05) is 12.3 Å². The number of likely N-dealkylation sites (N-methyl/N-ethyl adjacent to an activating group) is 1. The maximum atomic E-state index is 4.51. The molecule has 2 heterocycles. The van der Waals surface area contributed by atoms with Crippen LogP contribution in [0.3, 0.4) is 0 Å². The predicted molar refractivity (Wildman–Crippen MR) is 58.2 cm³/mol. The number of pyridine rings is 1. The maximum Gasteiger partial charge on any atom is 0.0517 e. The van der Waals surface area contributed by atoms with Gasteiger partial charge in [-0.25, -0.2) is 0 Å². The van der Waals surface area contributed by atoms with Gasteiger partial charge in [0.25, 0.3) is 0 Å². The molecule has 0 N–H and O–H groups in total. The Balaban J connectivity index is 2.41. The van der Waals surface area contributed by atoms with Gasteiger partial charge in [0, 0.05) is 24.7 Å². The van der Waals surface area contributed by atoms with E-state index in [9.17, 15) is 0 Å². The Bertz CT molecular complexity index is 331. The lowest BCUT2D eigenvalue weighted by Crippen LogP contribution is -2.42. The summed E-state index contributed by atoms with van der Waals surface area (Å²) >= 11 is 0. The zero-order valence-electron chi connectivity index (χ0n) is 9.25. The molecule has 1 aliphatic heterocycles. The average molecular weight is 190 g/mol. The summed E-state index contributed by atoms with van der Waals surface area (Å²) in [4.78, 5) is 6.99. The van der Waals surface area contributed by atoms with Crippen LogP contribution in [0.2, 0.25) is 0 Å². The molecular formula is C12H18N2. The molecule has 0 radical (unpaired) electrons. The molecule has 0 aliphatic carbocycles. The lowest BCUT2D eigenvalue weighted by Gasteiger charge is -2.38. The van der Waals surface area contributed by atoms with Crippen LogP contribution in [0.25, 0.3) is 0 Å². The highest BCUT2D eigenvalue weighted by Crippen LogP contribution is 2.30. The first-order valence-electron chi connectivity index (χ1n) is 5.30. The van der Waals surface area contributed by atoms with Gasteiger partial charge >= 0.3 is 0 Å². The molecule has 0 unspecified atom stereocenters. The van der Waals surface area contributed by atoms with Crippen LogP contribution in [0.1, 0.15) is 32.0 Å². The van der Waals surface area contributed by atoms with E-state index in [4.69, 9.17) is 0 Å². The molecule has 0 fully saturated rings. The van der Waals surface area contributed by atoms with Crippen molar-refractivity contribution in [1.29, 1.82) is 0 Å². The Kier molecular flexibility index (Phi) is 2.31. The summed E-state index contributed by atoms with van der Waals surface area (Å²) in [5.41, 5.74) is 2.88. The molecule has 2 rings (SSSR count). The predicted octanol–water partition coefficient (Wildman–Crippen LogP) is 2.19. The monoisotopic (exact) mass is 190 g/mol. The Morgan fingerprint density at radius 2 is 2.29 bits per heavy atom. The zero-order valence-corrected chi connectivity index (χ0v) is 9.25. The molecule has 2 nitrogen and oxygen atoms in total. The second-order valence-corrected chi connectivity index (χ2v) is 4.70. The van der Waals surface area contributed by atoms with Gasteiger partial charge in [-0.3, -0.25) is 9.88 Å². The van der Waals surface area contributed by atoms with E-state index in [0.717, 1.165) is 19.6 Å². The van der Waals surface area contributed by atoms with E-state index >= 15 is 0 Å². The van der Waals surface area contributed by atoms with Gasteiger partial charge in [0.1, 0.15) is 0 Å². The smallest absolute Gasteiger partial charge is 0.0517 e. The molecule has 2 heteroatoms. The first-order chi connectivity index (χ1) is 6.63. The third kappa shape index (κ3) is 1.55. The molecule has 1 aromatic rings. The molecule has 1 aromatic heterocycles. The van der Waals surface area contributed by atoms with E-state index in [-0.39, 0.29) is 5.41 Å². The normalized spacial score (nSPS) is 20.5. The van der Waals surface area contributed by atoms with Gasteiger partial charge < -0.3 is 0 Å². The van der Waals surface area contributed by atoms with E-state index in [0.29, 0.717) is 0 Å². The lowest BCUT2D eigenvalue weighted by molar-refractivity contribution is 0.199. The van der Waals surface area contributed by atoms with Gasteiger partial charge in [-0.05, 0) is 18.2 Å². The van der Waals surface area contributed by atoms with E-state index in [1.54, 1.807) is 0 Å². The van der Waals surface area contributed by atoms with Crippen molar-refractivity contribution in [2.75, 3.05) is 13.1 Å². The molecule has 76 valence electrons. The number of aromatic nitrogens is 1. The van der Waals surface area contributed by atoms with Crippen LogP contribution in [0, 0.1) is 0 Å². The highest BCUT2D eigenvalue weighted by atomic mass is 15.1. The highest BCUT2D eigenvalue weighted by molar-refractivity contribution is 5.29. The van der Waals surface area contributed by atoms with Crippen LogP contribution in [0.15, 0.2) is 18.3 Å². The highest BCUT2D eigenvalue weighted by Gasteiger charge is 2.31. The fourth-order valence-corrected chi connectivity index (χ4v) is 2.33. The molecule has 0 amide bonds. The van der Waals surface area contributed by atoms with Crippen molar-refractivity contribution in [3.63, 3.8) is 0 Å². The van der Waals surface area contributed by atoms with Crippen molar-refractivity contribution in [3.8, 4) is 0 Å². The van der Waals surface area contributed by atoms with Gasteiger partial charge in [0.05, 0.1) is 5.69 Å². The van der Waals surface area contributed by atoms with Gasteiger partial charge in [-0.15, -0.1) is 0 Å². The van der Waals surface area contributed by atoms with Crippen LogP contribution in [-0.4, -0.2) is 23.0 Å². The van der Waals surface area contributed by atoms with Crippen LogP contribution in [0.4, 0.5) is 0 Å². The summed E-state index contributed by atoms with van der Waals surface area (Å²) in [5.74, 6) is 0. The maximum absolute atomic E-state index is 4.51. The number of nitrogens with zero attached hydrogens (tertiary/aromatic N) is 2. The van der Waals surface area contributed by atoms with Crippen LogP contribution >= 0.6 is 0 Å². The van der Waals surface area contributed by atoms with Crippen LogP contribution in [-0.2, 0) is 12.0 Å². The molecule has 1 aliphatic rings. The molecule has 0 aromatic carbocycles. The summed E-state index contributed by atoms with van der Waals surface area (Å²) in [6.07, 6.45) is 1.90. The average Bonchev–Trinajstić information content (AvgIpc) is 2.17. The topological polar surface area (TPSA) is 16.1 Å². The van der Waals surface area contributed by atoms with Crippen LogP contribution < -0.4 is 0 Å². The second kappa shape index (κ2) is 3.35. The summed E-state index contributed by atoms with van der Waals surface area (Å²) in [5, 5.41) is 0. The number of hydrogen-bond donors (Lipinski definition) is 0. The van der Waals surface area contributed by atoms with E-state index in [1.165, 1.54) is 11.3 Å². The fourth-order valence-electron chi connectivity index (χ4n) is 2.33. The summed E-state index contributed by atoms with van der Waals surface area (Å²) < 4.78 is 0. The lowest BCUT2D eigenvalue weighted by atomic mass is 9.82. The molecular weight excluding hydrogens is 172 g/mol. The third-order valence-corrected chi connectivity index (χ3v) is 2.99. The number of fused-ring (bicyclic) bond motifs is 1. The molecule has 14 heavy (non-hydrogen) atoms. The Labute approximate surface area is 86.0 Å². The van der Waals surface area contributed by atoms with Crippen molar-refractivity contribution in [2.45, 2.75) is 32.7 Å². The number of hydrogen-bond acceptors (Lipinski definition) is 2. The SMILES string of the molecule is CCN1Cc2cccnc2C(C)(C)C1. The van der Waals surface area contributed by atoms with Gasteiger partial charge in [-0.2, -0.15) is 0 Å². The van der Waals surface area contributed by atoms with Crippen molar-refractivity contribution < 1.29 is 0 Å². The second-order valence-electron chi connectivity index (χ2n) is 4.70. The minimum atomic E-state index is 0.199. The fraction of sp³-hybridized carbons (Fsp3) is 0.583. The van der Waals surface area contributed by atoms with Crippen molar-refractivity contribution in [1.82, 2.24) is 9.88 Å². The van der Waals surface area contributed by atoms with Gasteiger partial charge in [0.15, 0.2) is 0 Å². The summed E-state index contributed by atoms with van der Waals surface area (Å²) in [7, 11) is 0. The zero-order chi connectivity index (χ0) is 10.2. The van der Waals surface area contributed by atoms with Crippen molar-refractivity contribution >= 4 is 0 Å². The quantitative estimate of drug-likeness (QED) is 0.675. The minimum Gasteiger partial charge on any atom is -0.298 e. The Hall–Kier alpha value is -0.890. The largest absolute Gasteiger partial charge is 0.298 e. The minimum absolute atomic E-state index is 0.199. The molecule has 0 atom stereocenters. The van der Waals surface area contributed by atoms with Gasteiger partial charge in [0.2, 0.25) is 0 Å². The van der Waals surface area contributed by atoms with Crippen molar-refractivity contribution in [3.05, 3.63) is 29.6 Å². The first-order valence-corrected chi connectivity index (χ1v) is 5.30.